The Morgan fingerprint density at radius 1 is 1.40 bits per heavy atom. The third kappa shape index (κ3) is 3.98. The van der Waals surface area contributed by atoms with E-state index in [1.165, 1.54) is 4.57 Å². The molecule has 0 radical (unpaired) electrons. The Balaban J connectivity index is 2.60. The molecular formula is C18H19N3O3S. The molecule has 0 spiro atoms. The molecule has 1 aromatic heterocycles. The number of thiazole rings is 1. The molecular weight excluding hydrogens is 338 g/mol. The summed E-state index contributed by atoms with van der Waals surface area (Å²) in [5.41, 5.74) is 1.53. The average molecular weight is 357 g/mol. The SMILES string of the molecule is CCOC(=O)C(C#N)=c1sc(=CNc2ccccc2C)c(=O)n1CC. The molecule has 0 unspecified atom stereocenters. The fourth-order valence-electron chi connectivity index (χ4n) is 2.25. The Hall–Kier alpha value is -2.85. The van der Waals surface area contributed by atoms with Crippen LogP contribution in [0.25, 0.3) is 11.8 Å². The molecule has 1 aromatic carbocycles. The van der Waals surface area contributed by atoms with Crippen LogP contribution < -0.4 is 20.1 Å². The smallest absolute Gasteiger partial charge is 0.351 e. The largest absolute Gasteiger partial charge is 0.462 e. The highest BCUT2D eigenvalue weighted by molar-refractivity contribution is 7.07. The van der Waals surface area contributed by atoms with E-state index in [1.54, 1.807) is 20.0 Å². The highest BCUT2D eigenvalue weighted by atomic mass is 32.1. The molecule has 0 saturated heterocycles. The molecule has 6 nitrogen and oxygen atoms in total. The van der Waals surface area contributed by atoms with Crippen LogP contribution in [0.15, 0.2) is 29.1 Å². The third-order valence-electron chi connectivity index (χ3n) is 3.53. The van der Waals surface area contributed by atoms with Crippen LogP contribution in [0.2, 0.25) is 0 Å². The first-order valence-corrected chi connectivity index (χ1v) is 8.68. The van der Waals surface area contributed by atoms with Crippen LogP contribution in [-0.4, -0.2) is 17.1 Å². The van der Waals surface area contributed by atoms with Gasteiger partial charge in [0.1, 0.15) is 15.3 Å². The van der Waals surface area contributed by atoms with Crippen LogP contribution in [0.4, 0.5) is 5.69 Å². The molecule has 2 rings (SSSR count). The summed E-state index contributed by atoms with van der Waals surface area (Å²) in [5, 5.41) is 12.4. The lowest BCUT2D eigenvalue weighted by Crippen LogP contribution is -2.32. The van der Waals surface area contributed by atoms with Gasteiger partial charge in [0, 0.05) is 18.4 Å². The number of benzene rings is 1. The van der Waals surface area contributed by atoms with Gasteiger partial charge in [0.2, 0.25) is 0 Å². The number of hydrogen-bond acceptors (Lipinski definition) is 6. The summed E-state index contributed by atoms with van der Waals surface area (Å²) >= 11 is 1.09. The summed E-state index contributed by atoms with van der Waals surface area (Å²) in [6.45, 7) is 5.94. The minimum Gasteiger partial charge on any atom is -0.462 e. The van der Waals surface area contributed by atoms with Crippen molar-refractivity contribution in [1.82, 2.24) is 4.57 Å². The van der Waals surface area contributed by atoms with Gasteiger partial charge in [-0.05, 0) is 32.4 Å². The molecule has 1 heterocycles. The van der Waals surface area contributed by atoms with Gasteiger partial charge in [0.05, 0.1) is 6.61 Å². The molecule has 0 atom stereocenters. The number of nitriles is 1. The predicted molar refractivity (Wildman–Crippen MR) is 98.4 cm³/mol. The molecule has 1 N–H and O–H groups in total. The van der Waals surface area contributed by atoms with Crippen molar-refractivity contribution in [3.63, 3.8) is 0 Å². The molecule has 0 aliphatic rings. The van der Waals surface area contributed by atoms with E-state index in [9.17, 15) is 14.9 Å². The standard InChI is InChI=1S/C18H19N3O3S/c1-4-21-16(22)15(11-20-14-9-7-6-8-12(14)3)25-17(21)13(10-19)18(23)24-5-2/h6-9,11,20H,4-5H2,1-3H3. The predicted octanol–water partition coefficient (Wildman–Crippen LogP) is 1.33. The number of carbonyl (C=O) groups excluding carboxylic acids is 1. The Morgan fingerprint density at radius 2 is 2.12 bits per heavy atom. The van der Waals surface area contributed by atoms with E-state index in [2.05, 4.69) is 5.32 Å². The summed E-state index contributed by atoms with van der Waals surface area (Å²) in [7, 11) is 0. The van der Waals surface area contributed by atoms with E-state index in [1.807, 2.05) is 37.3 Å². The molecule has 25 heavy (non-hydrogen) atoms. The number of esters is 1. The van der Waals surface area contributed by atoms with Crippen LogP contribution in [0.3, 0.4) is 0 Å². The van der Waals surface area contributed by atoms with Crippen LogP contribution in [0, 0.1) is 18.3 Å². The average Bonchev–Trinajstić information content (AvgIpc) is 2.91. The van der Waals surface area contributed by atoms with Gasteiger partial charge in [-0.15, -0.1) is 11.3 Å². The van der Waals surface area contributed by atoms with Crippen molar-refractivity contribution in [1.29, 1.82) is 5.26 Å². The van der Waals surface area contributed by atoms with Crippen LogP contribution in [0.1, 0.15) is 19.4 Å². The first-order valence-electron chi connectivity index (χ1n) is 7.87. The number of aromatic nitrogens is 1. The van der Waals surface area contributed by atoms with Gasteiger partial charge in [0.25, 0.3) is 5.56 Å². The highest BCUT2D eigenvalue weighted by Crippen LogP contribution is 2.12. The third-order valence-corrected chi connectivity index (χ3v) is 4.66. The van der Waals surface area contributed by atoms with Crippen molar-refractivity contribution in [2.24, 2.45) is 0 Å². The van der Waals surface area contributed by atoms with Crippen molar-refractivity contribution in [3.8, 4) is 6.07 Å². The molecule has 0 saturated carbocycles. The minimum atomic E-state index is -0.716. The van der Waals surface area contributed by atoms with E-state index < -0.39 is 5.97 Å². The number of rotatable bonds is 5. The van der Waals surface area contributed by atoms with Gasteiger partial charge in [-0.1, -0.05) is 18.2 Å². The fraction of sp³-hybridized carbons (Fsp3) is 0.278. The number of para-hydroxylation sites is 1. The van der Waals surface area contributed by atoms with E-state index in [0.717, 1.165) is 22.6 Å². The van der Waals surface area contributed by atoms with Gasteiger partial charge >= 0.3 is 5.97 Å². The maximum atomic E-state index is 12.6. The van der Waals surface area contributed by atoms with Gasteiger partial charge < -0.3 is 10.1 Å². The zero-order chi connectivity index (χ0) is 18.4. The maximum Gasteiger partial charge on any atom is 0.351 e. The normalized spacial score (nSPS) is 12.5. The summed E-state index contributed by atoms with van der Waals surface area (Å²) < 4.78 is 7.04. The lowest BCUT2D eigenvalue weighted by Gasteiger charge is -2.02. The van der Waals surface area contributed by atoms with E-state index >= 15 is 0 Å². The summed E-state index contributed by atoms with van der Waals surface area (Å²) in [6, 6.07) is 9.56. The lowest BCUT2D eigenvalue weighted by atomic mass is 10.2. The number of carbonyl (C=O) groups is 1. The molecule has 130 valence electrons. The molecule has 0 aliphatic carbocycles. The Morgan fingerprint density at radius 3 is 2.72 bits per heavy atom. The molecule has 7 heteroatoms. The number of nitrogens with zero attached hydrogens (tertiary/aromatic N) is 2. The summed E-state index contributed by atoms with van der Waals surface area (Å²) in [4.78, 5) is 24.5. The van der Waals surface area contributed by atoms with Crippen LogP contribution in [-0.2, 0) is 16.1 Å². The Labute approximate surface area is 149 Å². The highest BCUT2D eigenvalue weighted by Gasteiger charge is 2.16. The summed E-state index contributed by atoms with van der Waals surface area (Å²) in [6.07, 6.45) is 1.60. The van der Waals surface area contributed by atoms with E-state index in [4.69, 9.17) is 4.74 Å². The van der Waals surface area contributed by atoms with Crippen molar-refractivity contribution in [3.05, 3.63) is 49.4 Å². The zero-order valence-corrected chi connectivity index (χ0v) is 15.1. The number of hydrogen-bond donors (Lipinski definition) is 1. The second kappa shape index (κ2) is 8.31. The van der Waals surface area contributed by atoms with Crippen molar-refractivity contribution >= 4 is 34.8 Å². The molecule has 0 aliphatic heterocycles. The molecule has 0 bridgehead atoms. The quantitative estimate of drug-likeness (QED) is 0.816. The van der Waals surface area contributed by atoms with Gasteiger partial charge in [0.15, 0.2) is 5.57 Å². The maximum absolute atomic E-state index is 12.6. The molecule has 2 aromatic rings. The summed E-state index contributed by atoms with van der Waals surface area (Å²) in [5.74, 6) is -0.716. The van der Waals surface area contributed by atoms with Crippen LogP contribution >= 0.6 is 11.3 Å². The van der Waals surface area contributed by atoms with Crippen molar-refractivity contribution in [2.45, 2.75) is 27.3 Å². The number of nitrogens with one attached hydrogen (secondary N) is 1. The second-order valence-electron chi connectivity index (χ2n) is 5.13. The molecule has 0 amide bonds. The number of ether oxygens (including phenoxy) is 1. The topological polar surface area (TPSA) is 84.1 Å². The van der Waals surface area contributed by atoms with Gasteiger partial charge in [-0.25, -0.2) is 4.79 Å². The number of aryl methyl sites for hydroxylation is 1. The monoisotopic (exact) mass is 357 g/mol. The van der Waals surface area contributed by atoms with Crippen molar-refractivity contribution in [2.75, 3.05) is 11.9 Å². The Bertz CT molecular complexity index is 996. The van der Waals surface area contributed by atoms with E-state index in [0.29, 0.717) is 15.7 Å². The minimum absolute atomic E-state index is 0.152. The van der Waals surface area contributed by atoms with Crippen LogP contribution in [0.5, 0.6) is 0 Å². The number of anilines is 1. The van der Waals surface area contributed by atoms with Gasteiger partial charge in [-0.3, -0.25) is 9.36 Å². The second-order valence-corrected chi connectivity index (χ2v) is 6.16. The van der Waals surface area contributed by atoms with E-state index in [-0.39, 0.29) is 17.7 Å². The Kier molecular flexibility index (Phi) is 6.14. The van der Waals surface area contributed by atoms with Crippen molar-refractivity contribution < 1.29 is 9.53 Å². The first-order chi connectivity index (χ1) is 12.0. The lowest BCUT2D eigenvalue weighted by molar-refractivity contribution is -0.136. The zero-order valence-electron chi connectivity index (χ0n) is 14.3. The first kappa shape index (κ1) is 18.5. The fourth-order valence-corrected chi connectivity index (χ4v) is 3.33. The molecule has 0 fully saturated rings. The van der Waals surface area contributed by atoms with Gasteiger partial charge in [-0.2, -0.15) is 5.26 Å².